The molecule has 0 aliphatic heterocycles. The molecule has 0 atom stereocenters. The zero-order valence-electron chi connectivity index (χ0n) is 9.36. The molecular weight excluding hydrogens is 288 g/mol. The first-order valence-corrected chi connectivity index (χ1v) is 6.11. The summed E-state index contributed by atoms with van der Waals surface area (Å²) < 4.78 is 0.335. The third-order valence-electron chi connectivity index (χ3n) is 2.46. The average Bonchev–Trinajstić information content (AvgIpc) is 3.05. The van der Waals surface area contributed by atoms with E-state index in [-0.39, 0.29) is 18.0 Å². The van der Waals surface area contributed by atoms with Gasteiger partial charge in [0.1, 0.15) is 4.47 Å². The number of rotatable bonds is 4. The van der Waals surface area contributed by atoms with Crippen LogP contribution in [0.15, 0.2) is 15.6 Å². The predicted molar refractivity (Wildman–Crippen MR) is 67.0 cm³/mol. The Hall–Kier alpha value is -1.37. The van der Waals surface area contributed by atoms with E-state index in [0.29, 0.717) is 16.3 Å². The number of halogens is 1. The van der Waals surface area contributed by atoms with Gasteiger partial charge in [-0.05, 0) is 28.8 Å². The highest BCUT2D eigenvalue weighted by atomic mass is 79.9. The molecule has 1 fully saturated rings. The summed E-state index contributed by atoms with van der Waals surface area (Å²) in [7, 11) is 1.72. The van der Waals surface area contributed by atoms with Gasteiger partial charge in [-0.1, -0.05) is 0 Å². The topological polar surface area (TPSA) is 78.1 Å². The average molecular weight is 301 g/mol. The normalized spacial score (nSPS) is 14.5. The Morgan fingerprint density at radius 1 is 1.71 bits per heavy atom. The second-order valence-corrected chi connectivity index (χ2v) is 4.86. The van der Waals surface area contributed by atoms with Gasteiger partial charge in [0.2, 0.25) is 5.91 Å². The van der Waals surface area contributed by atoms with Gasteiger partial charge in [-0.2, -0.15) is 0 Å². The predicted octanol–water partition coefficient (Wildman–Crippen LogP) is 0.247. The maximum Gasteiger partial charge on any atom is 0.267 e. The van der Waals surface area contributed by atoms with E-state index in [2.05, 4.69) is 31.2 Å². The highest BCUT2D eigenvalue weighted by Gasteiger charge is 2.24. The van der Waals surface area contributed by atoms with Crippen molar-refractivity contribution in [2.24, 2.45) is 0 Å². The molecule has 0 saturated heterocycles. The highest BCUT2D eigenvalue weighted by Crippen LogP contribution is 2.19. The molecule has 0 unspecified atom stereocenters. The number of anilines is 1. The zero-order chi connectivity index (χ0) is 12.4. The number of amides is 1. The smallest absolute Gasteiger partial charge is 0.267 e. The zero-order valence-corrected chi connectivity index (χ0v) is 11.0. The molecule has 0 bridgehead atoms. The van der Waals surface area contributed by atoms with Gasteiger partial charge in [-0.15, -0.1) is 0 Å². The summed E-state index contributed by atoms with van der Waals surface area (Å²) in [4.78, 5) is 31.1. The van der Waals surface area contributed by atoms with Crippen molar-refractivity contribution in [2.45, 2.75) is 18.9 Å². The number of hydrogen-bond acceptors (Lipinski definition) is 4. The van der Waals surface area contributed by atoms with Crippen molar-refractivity contribution in [1.29, 1.82) is 0 Å². The number of likely N-dealkylation sites (N-methyl/N-ethyl adjacent to an activating group) is 1. The lowest BCUT2D eigenvalue weighted by Gasteiger charge is -2.18. The molecule has 0 radical (unpaired) electrons. The second kappa shape index (κ2) is 4.87. The Morgan fingerprint density at radius 3 is 3.06 bits per heavy atom. The fourth-order valence-electron chi connectivity index (χ4n) is 1.43. The third kappa shape index (κ3) is 3.06. The van der Waals surface area contributed by atoms with Crippen LogP contribution in [0.4, 0.5) is 5.82 Å². The lowest BCUT2D eigenvalue weighted by atomic mass is 10.4. The Kier molecular flexibility index (Phi) is 3.46. The monoisotopic (exact) mass is 300 g/mol. The van der Waals surface area contributed by atoms with Crippen LogP contribution in [0.3, 0.4) is 0 Å². The maximum atomic E-state index is 11.6. The molecule has 17 heavy (non-hydrogen) atoms. The fourth-order valence-corrected chi connectivity index (χ4v) is 1.95. The lowest BCUT2D eigenvalue weighted by molar-refractivity contribution is -0.119. The molecule has 1 aromatic rings. The van der Waals surface area contributed by atoms with Gasteiger partial charge in [0.05, 0.1) is 12.9 Å². The van der Waals surface area contributed by atoms with Crippen molar-refractivity contribution in [3.63, 3.8) is 0 Å². The van der Waals surface area contributed by atoms with Gasteiger partial charge in [-0.3, -0.25) is 9.59 Å². The van der Waals surface area contributed by atoms with Crippen LogP contribution in [-0.4, -0.2) is 35.5 Å². The Labute approximate surface area is 107 Å². The Balaban J connectivity index is 2.03. The molecule has 1 saturated carbocycles. The molecule has 1 aliphatic carbocycles. The molecule has 1 aromatic heterocycles. The molecule has 6 nitrogen and oxygen atoms in total. The van der Waals surface area contributed by atoms with Gasteiger partial charge in [0.25, 0.3) is 5.56 Å². The van der Waals surface area contributed by atoms with Gasteiger partial charge in [0, 0.05) is 13.1 Å². The van der Waals surface area contributed by atoms with E-state index in [4.69, 9.17) is 0 Å². The number of nitrogens with zero attached hydrogens (tertiary/aromatic N) is 2. The number of aromatic nitrogens is 2. The Morgan fingerprint density at radius 2 is 2.41 bits per heavy atom. The molecule has 0 aromatic carbocycles. The van der Waals surface area contributed by atoms with Gasteiger partial charge >= 0.3 is 0 Å². The fraction of sp³-hybridized carbons (Fsp3) is 0.500. The standard InChI is InChI=1S/C10H13BrN4O2/c1-15(4-7(16)14-6-2-3-6)9-8(11)10(17)13-5-12-9/h5-6H,2-4H2,1H3,(H,14,16)(H,12,13,17). The minimum Gasteiger partial charge on any atom is -0.352 e. The number of aromatic amines is 1. The summed E-state index contributed by atoms with van der Waals surface area (Å²) in [6.45, 7) is 0.186. The van der Waals surface area contributed by atoms with E-state index in [1.807, 2.05) is 0 Å². The first kappa shape index (κ1) is 12.1. The molecule has 0 spiro atoms. The minimum atomic E-state index is -0.260. The maximum absolute atomic E-state index is 11.6. The summed E-state index contributed by atoms with van der Waals surface area (Å²) in [6.07, 6.45) is 3.43. The molecule has 1 aliphatic rings. The summed E-state index contributed by atoms with van der Waals surface area (Å²) >= 11 is 3.15. The van der Waals surface area contributed by atoms with Crippen LogP contribution in [0.5, 0.6) is 0 Å². The SMILES string of the molecule is CN(CC(=O)NC1CC1)c1nc[nH]c(=O)c1Br. The van der Waals surface area contributed by atoms with Crippen LogP contribution in [0.25, 0.3) is 0 Å². The largest absolute Gasteiger partial charge is 0.352 e. The van der Waals surface area contributed by atoms with E-state index >= 15 is 0 Å². The number of carbonyl (C=O) groups is 1. The van der Waals surface area contributed by atoms with Crippen molar-refractivity contribution in [1.82, 2.24) is 15.3 Å². The van der Waals surface area contributed by atoms with E-state index in [9.17, 15) is 9.59 Å². The van der Waals surface area contributed by atoms with Crippen molar-refractivity contribution < 1.29 is 4.79 Å². The van der Waals surface area contributed by atoms with Gasteiger partial charge in [-0.25, -0.2) is 4.98 Å². The molecule has 2 rings (SSSR count). The molecule has 2 N–H and O–H groups in total. The number of H-pyrrole nitrogens is 1. The summed E-state index contributed by atoms with van der Waals surface area (Å²) in [5.41, 5.74) is -0.260. The van der Waals surface area contributed by atoms with Gasteiger partial charge in [0.15, 0.2) is 5.82 Å². The van der Waals surface area contributed by atoms with Crippen LogP contribution in [-0.2, 0) is 4.79 Å². The van der Waals surface area contributed by atoms with Crippen LogP contribution in [0.2, 0.25) is 0 Å². The van der Waals surface area contributed by atoms with Crippen molar-refractivity contribution in [3.05, 3.63) is 21.2 Å². The minimum absolute atomic E-state index is 0.0519. The molecule has 1 heterocycles. The summed E-state index contributed by atoms with van der Waals surface area (Å²) in [6, 6.07) is 0.339. The first-order valence-electron chi connectivity index (χ1n) is 5.31. The van der Waals surface area contributed by atoms with Crippen molar-refractivity contribution >= 4 is 27.7 Å². The quantitative estimate of drug-likeness (QED) is 0.835. The number of carbonyl (C=O) groups excluding carboxylic acids is 1. The summed E-state index contributed by atoms with van der Waals surface area (Å²) in [5, 5.41) is 2.88. The van der Waals surface area contributed by atoms with Crippen molar-refractivity contribution in [3.8, 4) is 0 Å². The van der Waals surface area contributed by atoms with E-state index < -0.39 is 0 Å². The van der Waals surface area contributed by atoms with E-state index in [1.54, 1.807) is 11.9 Å². The van der Waals surface area contributed by atoms with Crippen LogP contribution in [0.1, 0.15) is 12.8 Å². The second-order valence-electron chi connectivity index (χ2n) is 4.07. The third-order valence-corrected chi connectivity index (χ3v) is 3.18. The Bertz CT molecular complexity index is 483. The van der Waals surface area contributed by atoms with Crippen LogP contribution in [0, 0.1) is 0 Å². The highest BCUT2D eigenvalue weighted by molar-refractivity contribution is 9.10. The first-order chi connectivity index (χ1) is 8.08. The van der Waals surface area contributed by atoms with E-state index in [0.717, 1.165) is 12.8 Å². The molecule has 7 heteroatoms. The molecule has 92 valence electrons. The van der Waals surface area contributed by atoms with E-state index in [1.165, 1.54) is 6.33 Å². The molecular formula is C10H13BrN4O2. The van der Waals surface area contributed by atoms with Crippen LogP contribution < -0.4 is 15.8 Å². The van der Waals surface area contributed by atoms with Crippen molar-refractivity contribution in [2.75, 3.05) is 18.5 Å². The number of hydrogen-bond donors (Lipinski definition) is 2. The summed E-state index contributed by atoms with van der Waals surface area (Å²) in [5.74, 6) is 0.406. The van der Waals surface area contributed by atoms with Crippen LogP contribution >= 0.6 is 15.9 Å². The molecule has 1 amide bonds. The number of nitrogens with one attached hydrogen (secondary N) is 2. The lowest BCUT2D eigenvalue weighted by Crippen LogP contribution is -2.37. The van der Waals surface area contributed by atoms with Gasteiger partial charge < -0.3 is 15.2 Å².